The molecule has 0 atom stereocenters. The summed E-state index contributed by atoms with van der Waals surface area (Å²) >= 11 is 0. The van der Waals surface area contributed by atoms with Crippen molar-refractivity contribution in [1.29, 1.82) is 0 Å². The molecule has 0 aliphatic heterocycles. The van der Waals surface area contributed by atoms with Crippen molar-refractivity contribution in [2.75, 3.05) is 0 Å². The van der Waals surface area contributed by atoms with Crippen LogP contribution in [-0.4, -0.2) is 9.13 Å². The van der Waals surface area contributed by atoms with Gasteiger partial charge in [-0.05, 0) is 93.5 Å². The minimum atomic E-state index is -0.426. The highest BCUT2D eigenvalue weighted by Gasteiger charge is 2.19. The molecule has 9 aromatic carbocycles. The molecule has 0 aliphatic rings. The topological polar surface area (TPSA) is 9.86 Å². The van der Waals surface area contributed by atoms with Gasteiger partial charge < -0.3 is 9.13 Å². The Balaban J connectivity index is 1.21. The predicted molar refractivity (Wildman–Crippen MR) is 237 cm³/mol. The monoisotopic (exact) mass is 719 g/mol. The number of hydrogen-bond donors (Lipinski definition) is 0. The van der Waals surface area contributed by atoms with E-state index in [1.54, 1.807) is 4.57 Å². The van der Waals surface area contributed by atoms with Gasteiger partial charge in [0.2, 0.25) is 0 Å². The Bertz CT molecular complexity index is 3620. The van der Waals surface area contributed by atoms with Crippen LogP contribution in [0.3, 0.4) is 0 Å². The van der Waals surface area contributed by atoms with E-state index < -0.39 is 12.1 Å². The molecule has 0 N–H and O–H groups in total. The number of hydrogen-bond acceptors (Lipinski definition) is 0. The zero-order chi connectivity index (χ0) is 43.1. The molecule has 2 heteroatoms. The van der Waals surface area contributed by atoms with Gasteiger partial charge in [0.05, 0.1) is 37.3 Å². The lowest BCUT2D eigenvalue weighted by molar-refractivity contribution is 1.18. The first-order valence-corrected chi connectivity index (χ1v) is 18.7. The van der Waals surface area contributed by atoms with E-state index in [4.69, 9.17) is 2.74 Å². The van der Waals surface area contributed by atoms with Crippen LogP contribution in [0.4, 0.5) is 0 Å². The summed E-state index contributed by atoms with van der Waals surface area (Å²) in [5, 5.41) is 2.24. The summed E-state index contributed by atoms with van der Waals surface area (Å²) in [5.74, 6) is 0. The summed E-state index contributed by atoms with van der Waals surface area (Å²) < 4.78 is 69.3. The summed E-state index contributed by atoms with van der Waals surface area (Å²) in [7, 11) is 0. The highest BCUT2D eigenvalue weighted by molar-refractivity contribution is 6.17. The molecule has 0 radical (unpaired) electrons. The van der Waals surface area contributed by atoms with Gasteiger partial charge in [-0.3, -0.25) is 0 Å². The van der Waals surface area contributed by atoms with Gasteiger partial charge in [0, 0.05) is 32.8 Å². The largest absolute Gasteiger partial charge is 0.309 e. The summed E-state index contributed by atoms with van der Waals surface area (Å²) in [6.07, 6.45) is 0. The molecule has 0 unspecified atom stereocenters. The average molecular weight is 720 g/mol. The Morgan fingerprint density at radius 2 is 0.946 bits per heavy atom. The van der Waals surface area contributed by atoms with E-state index in [9.17, 15) is 6.85 Å². The Kier molecular flexibility index (Phi) is 6.01. The van der Waals surface area contributed by atoms with E-state index in [-0.39, 0.29) is 57.6 Å². The van der Waals surface area contributed by atoms with Crippen molar-refractivity contribution in [3.8, 4) is 55.9 Å². The lowest BCUT2D eigenvalue weighted by Crippen LogP contribution is -1.97. The fourth-order valence-corrected chi connectivity index (χ4v) is 8.23. The maximum Gasteiger partial charge on any atom is 0.0645 e. The third-order valence-electron chi connectivity index (χ3n) is 10.8. The van der Waals surface area contributed by atoms with E-state index >= 15 is 0 Å². The van der Waals surface area contributed by atoms with Gasteiger partial charge in [0.1, 0.15) is 0 Å². The SMILES string of the molecule is [2H]c1c([2H])c([2H])c2c(c1[2H])c1c([2H])c(-c3ccc4c(c3)c3c(-c5ccccc5)cccc3n4-c3ccc(-c4ccccc4)cc3)c([2H])c([2H])c1n2-c1ccccc1-c1ccccc1. The van der Waals surface area contributed by atoms with Crippen LogP contribution in [0.15, 0.2) is 218 Å². The van der Waals surface area contributed by atoms with Crippen molar-refractivity contribution in [3.05, 3.63) is 218 Å². The number of para-hydroxylation sites is 2. The molecule has 56 heavy (non-hydrogen) atoms. The summed E-state index contributed by atoms with van der Waals surface area (Å²) in [6, 6.07) is 56.6. The molecule has 0 spiro atoms. The molecule has 0 aliphatic carbocycles. The van der Waals surface area contributed by atoms with Crippen molar-refractivity contribution in [1.82, 2.24) is 9.13 Å². The van der Waals surface area contributed by atoms with Crippen LogP contribution in [0.2, 0.25) is 0 Å². The van der Waals surface area contributed by atoms with Crippen LogP contribution in [-0.2, 0) is 0 Å². The average Bonchev–Trinajstić information content (AvgIpc) is 3.87. The van der Waals surface area contributed by atoms with Crippen LogP contribution in [0.5, 0.6) is 0 Å². The summed E-state index contributed by atoms with van der Waals surface area (Å²) in [5.41, 5.74) is 10.5. The number of rotatable bonds is 6. The molecule has 0 bridgehead atoms. The Morgan fingerprint density at radius 1 is 0.339 bits per heavy atom. The molecule has 11 rings (SSSR count). The fourth-order valence-electron chi connectivity index (χ4n) is 8.23. The first-order chi connectivity index (χ1) is 30.7. The second kappa shape index (κ2) is 13.2. The van der Waals surface area contributed by atoms with Gasteiger partial charge in [-0.15, -0.1) is 0 Å². The number of nitrogens with zero attached hydrogens (tertiary/aromatic N) is 2. The van der Waals surface area contributed by atoms with Gasteiger partial charge in [-0.25, -0.2) is 0 Å². The molecule has 262 valence electrons. The molecule has 2 aromatic heterocycles. The van der Waals surface area contributed by atoms with Crippen LogP contribution < -0.4 is 0 Å². The number of aromatic nitrogens is 2. The maximum absolute atomic E-state index is 9.99. The second-order valence-electron chi connectivity index (χ2n) is 14.0. The van der Waals surface area contributed by atoms with E-state index in [0.717, 1.165) is 60.9 Å². The molecule has 0 saturated carbocycles. The highest BCUT2D eigenvalue weighted by Crippen LogP contribution is 2.42. The first kappa shape index (κ1) is 25.6. The molecule has 2 heterocycles. The quantitative estimate of drug-likeness (QED) is 0.162. The fraction of sp³-hybridized carbons (Fsp3) is 0. The van der Waals surface area contributed by atoms with Gasteiger partial charge in [-0.2, -0.15) is 0 Å². The van der Waals surface area contributed by atoms with Crippen LogP contribution >= 0.6 is 0 Å². The van der Waals surface area contributed by atoms with Crippen molar-refractivity contribution < 1.29 is 9.60 Å². The van der Waals surface area contributed by atoms with E-state index in [1.165, 1.54) is 0 Å². The first-order valence-electron chi connectivity index (χ1n) is 22.2. The molecular formula is C54H36N2. The molecule has 0 amide bonds. The zero-order valence-corrected chi connectivity index (χ0v) is 30.1. The maximum atomic E-state index is 9.99. The molecular weight excluding hydrogens is 677 g/mol. The Hall–Kier alpha value is -7.42. The summed E-state index contributed by atoms with van der Waals surface area (Å²) in [4.78, 5) is 0. The van der Waals surface area contributed by atoms with E-state index in [2.05, 4.69) is 71.3 Å². The van der Waals surface area contributed by atoms with Crippen molar-refractivity contribution in [2.45, 2.75) is 0 Å². The van der Waals surface area contributed by atoms with Crippen molar-refractivity contribution >= 4 is 43.6 Å². The smallest absolute Gasteiger partial charge is 0.0645 e. The van der Waals surface area contributed by atoms with Crippen LogP contribution in [0, 0.1) is 0 Å². The van der Waals surface area contributed by atoms with Crippen LogP contribution in [0.1, 0.15) is 9.60 Å². The van der Waals surface area contributed by atoms with Gasteiger partial charge >= 0.3 is 0 Å². The highest BCUT2D eigenvalue weighted by atomic mass is 15.0. The van der Waals surface area contributed by atoms with Crippen LogP contribution in [0.25, 0.3) is 99.5 Å². The number of fused-ring (bicyclic) bond motifs is 6. The Morgan fingerprint density at radius 3 is 1.71 bits per heavy atom. The second-order valence-corrected chi connectivity index (χ2v) is 14.0. The molecule has 0 fully saturated rings. The molecule has 11 aromatic rings. The number of benzene rings is 9. The van der Waals surface area contributed by atoms with Gasteiger partial charge in [-0.1, -0.05) is 164 Å². The lowest BCUT2D eigenvalue weighted by Gasteiger charge is -2.14. The van der Waals surface area contributed by atoms with Gasteiger partial charge in [0.15, 0.2) is 0 Å². The normalized spacial score (nSPS) is 13.3. The van der Waals surface area contributed by atoms with Gasteiger partial charge in [0.25, 0.3) is 0 Å². The predicted octanol–water partition coefficient (Wildman–Crippen LogP) is 14.5. The van der Waals surface area contributed by atoms with Crippen molar-refractivity contribution in [2.24, 2.45) is 0 Å². The lowest BCUT2D eigenvalue weighted by atomic mass is 9.97. The molecule has 2 nitrogen and oxygen atoms in total. The van der Waals surface area contributed by atoms with E-state index in [0.29, 0.717) is 11.3 Å². The van der Waals surface area contributed by atoms with E-state index in [1.807, 2.05) is 109 Å². The van der Waals surface area contributed by atoms with Crippen molar-refractivity contribution in [3.63, 3.8) is 0 Å². The summed E-state index contributed by atoms with van der Waals surface area (Å²) in [6.45, 7) is 0. The minimum Gasteiger partial charge on any atom is -0.309 e. The zero-order valence-electron chi connectivity index (χ0n) is 37.1. The standard InChI is InChI=1S/C54H36N2/c1-4-15-37(16-5-1)38-27-31-43(32-28-38)55-52-34-30-42(36-48(52)54-45(23-14-26-53(54)55)40-19-8-3-9-20-40)41-29-33-51-47(35-41)46-22-11-13-25-50(46)56(51)49-24-12-10-21-44(49)39-17-6-2-7-18-39/h1-36H/i11D,13D,22D,25D,29D,33D,35D. The third-order valence-corrected chi connectivity index (χ3v) is 10.8. The Labute approximate surface area is 335 Å². The third kappa shape index (κ3) is 5.19. The minimum absolute atomic E-state index is 0.0835. The molecule has 0 saturated heterocycles.